The third-order valence-corrected chi connectivity index (χ3v) is 5.39. The van der Waals surface area contributed by atoms with E-state index in [0.717, 1.165) is 23.2 Å². The van der Waals surface area contributed by atoms with Gasteiger partial charge in [0, 0.05) is 30.5 Å². The third kappa shape index (κ3) is 5.09. The average molecular weight is 469 g/mol. The number of carbonyl (C=O) groups is 1. The predicted molar refractivity (Wildman–Crippen MR) is 142 cm³/mol. The van der Waals surface area contributed by atoms with E-state index in [2.05, 4.69) is 22.9 Å². The number of benzene rings is 2. The molecule has 0 saturated carbocycles. The fourth-order valence-electron chi connectivity index (χ4n) is 3.82. The average Bonchev–Trinajstić information content (AvgIpc) is 3.15. The lowest BCUT2D eigenvalue weighted by Crippen LogP contribution is -2.22. The van der Waals surface area contributed by atoms with Crippen molar-refractivity contribution >= 4 is 28.3 Å². The molecule has 0 aliphatic carbocycles. The maximum atomic E-state index is 13.0. The van der Waals surface area contributed by atoms with Gasteiger partial charge in [0.1, 0.15) is 11.4 Å². The molecular formula is C27H28N6O2. The van der Waals surface area contributed by atoms with Crippen molar-refractivity contribution < 1.29 is 4.79 Å². The number of primary amides is 1. The lowest BCUT2D eigenvalue weighted by Gasteiger charge is -2.14. The van der Waals surface area contributed by atoms with E-state index >= 15 is 0 Å². The summed E-state index contributed by atoms with van der Waals surface area (Å²) in [7, 11) is 1.67. The van der Waals surface area contributed by atoms with E-state index in [0.29, 0.717) is 23.3 Å². The van der Waals surface area contributed by atoms with Gasteiger partial charge in [0.2, 0.25) is 0 Å². The van der Waals surface area contributed by atoms with Gasteiger partial charge in [0.15, 0.2) is 5.82 Å². The van der Waals surface area contributed by atoms with Gasteiger partial charge in [0.25, 0.3) is 11.5 Å². The van der Waals surface area contributed by atoms with E-state index in [4.69, 9.17) is 17.9 Å². The Morgan fingerprint density at radius 1 is 1.23 bits per heavy atom. The number of nitrogens with one attached hydrogen (secondary N) is 1. The van der Waals surface area contributed by atoms with Crippen molar-refractivity contribution in [2.75, 3.05) is 17.6 Å². The number of nitrogens with two attached hydrogens (primary N) is 2. The number of para-hydroxylation sites is 1. The molecule has 178 valence electrons. The molecule has 0 aliphatic rings. The number of nitrogen functional groups attached to an aromatic ring is 1. The first-order chi connectivity index (χ1) is 16.8. The number of hydrogen-bond donors (Lipinski definition) is 3. The van der Waals surface area contributed by atoms with Crippen molar-refractivity contribution in [3.8, 4) is 18.0 Å². The number of terminal acetylenes is 1. The fourth-order valence-corrected chi connectivity index (χ4v) is 3.82. The van der Waals surface area contributed by atoms with E-state index < -0.39 is 5.91 Å². The zero-order valence-electron chi connectivity index (χ0n) is 19.8. The Morgan fingerprint density at radius 3 is 2.54 bits per heavy atom. The minimum atomic E-state index is -0.595. The number of aryl methyl sites for hydroxylation is 2. The molecule has 0 unspecified atom stereocenters. The summed E-state index contributed by atoms with van der Waals surface area (Å²) in [5.74, 6) is 2.66. The maximum Gasteiger partial charge on any atom is 0.264 e. The van der Waals surface area contributed by atoms with Crippen LogP contribution in [0.1, 0.15) is 28.5 Å². The quantitative estimate of drug-likeness (QED) is 0.296. The summed E-state index contributed by atoms with van der Waals surface area (Å²) in [5, 5.41) is 8.33. The molecular weight excluding hydrogens is 440 g/mol. The van der Waals surface area contributed by atoms with Gasteiger partial charge in [-0.2, -0.15) is 5.10 Å². The summed E-state index contributed by atoms with van der Waals surface area (Å²) in [6, 6.07) is 17.4. The summed E-state index contributed by atoms with van der Waals surface area (Å²) in [6.45, 7) is 6.11. The van der Waals surface area contributed by atoms with Crippen LogP contribution in [0.2, 0.25) is 0 Å². The van der Waals surface area contributed by atoms with Crippen LogP contribution in [-0.4, -0.2) is 26.8 Å². The molecule has 8 heteroatoms. The Morgan fingerprint density at radius 2 is 1.94 bits per heavy atom. The Balaban J connectivity index is 0.000000214. The number of aromatic nitrogens is 3. The van der Waals surface area contributed by atoms with E-state index in [-0.39, 0.29) is 16.9 Å². The number of hydrogen-bond acceptors (Lipinski definition) is 5. The number of fused-ring (bicyclic) bond motifs is 1. The van der Waals surface area contributed by atoms with Crippen LogP contribution >= 0.6 is 0 Å². The maximum absolute atomic E-state index is 13.0. The smallest absolute Gasteiger partial charge is 0.264 e. The van der Waals surface area contributed by atoms with E-state index in [1.165, 1.54) is 4.68 Å². The van der Waals surface area contributed by atoms with E-state index in [1.54, 1.807) is 17.7 Å². The van der Waals surface area contributed by atoms with Gasteiger partial charge >= 0.3 is 0 Å². The normalized spacial score (nSPS) is 10.2. The van der Waals surface area contributed by atoms with Crippen LogP contribution in [0.15, 0.2) is 72.0 Å². The molecule has 2 aromatic heterocycles. The predicted octanol–water partition coefficient (Wildman–Crippen LogP) is 3.23. The highest BCUT2D eigenvalue weighted by Gasteiger charge is 2.18. The highest BCUT2D eigenvalue weighted by Crippen LogP contribution is 2.20. The van der Waals surface area contributed by atoms with Crippen molar-refractivity contribution in [2.24, 2.45) is 12.8 Å². The van der Waals surface area contributed by atoms with Crippen LogP contribution in [0.5, 0.6) is 0 Å². The first kappa shape index (κ1) is 24.9. The number of pyridine rings is 1. The summed E-state index contributed by atoms with van der Waals surface area (Å²) in [6.07, 6.45) is 7.98. The van der Waals surface area contributed by atoms with Crippen molar-refractivity contribution in [1.29, 1.82) is 0 Å². The molecule has 0 fully saturated rings. The van der Waals surface area contributed by atoms with Crippen LogP contribution in [0, 0.1) is 12.3 Å². The molecule has 2 aromatic carbocycles. The van der Waals surface area contributed by atoms with Crippen LogP contribution in [0.4, 0.5) is 11.6 Å². The number of nitrogens with zero attached hydrogens (tertiary/aromatic N) is 3. The summed E-state index contributed by atoms with van der Waals surface area (Å²) in [4.78, 5) is 24.0. The van der Waals surface area contributed by atoms with Crippen molar-refractivity contribution in [1.82, 2.24) is 14.3 Å². The van der Waals surface area contributed by atoms with Crippen molar-refractivity contribution in [2.45, 2.75) is 13.3 Å². The molecule has 4 rings (SSSR count). The molecule has 0 bridgehead atoms. The second-order valence-electron chi connectivity index (χ2n) is 7.65. The Kier molecular flexibility index (Phi) is 7.74. The molecule has 1 amide bonds. The largest absolute Gasteiger partial charge is 0.381 e. The Hall–Kier alpha value is -4.77. The van der Waals surface area contributed by atoms with Crippen molar-refractivity contribution in [3.05, 3.63) is 94.4 Å². The summed E-state index contributed by atoms with van der Waals surface area (Å²) in [5.41, 5.74) is 13.3. The fraction of sp³-hybridized carbons (Fsp3) is 0.148. The zero-order valence-corrected chi connectivity index (χ0v) is 19.8. The Labute approximate surface area is 203 Å². The monoisotopic (exact) mass is 468 g/mol. The van der Waals surface area contributed by atoms with Crippen LogP contribution in [0.3, 0.4) is 0 Å². The topological polar surface area (TPSA) is 121 Å². The molecule has 0 atom stereocenters. The van der Waals surface area contributed by atoms with Crippen LogP contribution in [0.25, 0.3) is 16.5 Å². The van der Waals surface area contributed by atoms with Gasteiger partial charge < -0.3 is 16.8 Å². The van der Waals surface area contributed by atoms with Crippen molar-refractivity contribution in [3.63, 3.8) is 0 Å². The van der Waals surface area contributed by atoms with Gasteiger partial charge in [-0.25, -0.2) is 0 Å². The minimum Gasteiger partial charge on any atom is -0.381 e. The van der Waals surface area contributed by atoms with E-state index in [9.17, 15) is 9.59 Å². The van der Waals surface area contributed by atoms with Gasteiger partial charge in [-0.15, -0.1) is 13.0 Å². The standard InChI is InChI=1S/C19H15NO.C8H13N5O/c1-3-14-9-8-10-15-13-16(4-2)20(19(21)18(14)15)17-11-6-5-7-12-17;1-3-4-11-8-5(7(10)14)6(9)12-13(8)2/h1,5-13H,4H2,2H3;3,11H,1,4H2,2H3,(H2,9,12)(H2,10,14). The van der Waals surface area contributed by atoms with Crippen LogP contribution in [-0.2, 0) is 13.5 Å². The van der Waals surface area contributed by atoms with Gasteiger partial charge in [-0.3, -0.25) is 18.8 Å². The number of carbonyl (C=O) groups excluding carboxylic acids is 1. The molecule has 0 spiro atoms. The molecule has 5 N–H and O–H groups in total. The number of anilines is 2. The first-order valence-electron chi connectivity index (χ1n) is 11.0. The number of amides is 1. The molecule has 2 heterocycles. The van der Waals surface area contributed by atoms with Gasteiger partial charge in [0.05, 0.1) is 5.39 Å². The molecule has 0 radical (unpaired) electrons. The third-order valence-electron chi connectivity index (χ3n) is 5.39. The van der Waals surface area contributed by atoms with E-state index in [1.807, 2.05) is 61.5 Å². The van der Waals surface area contributed by atoms with Gasteiger partial charge in [-0.05, 0) is 36.1 Å². The lowest BCUT2D eigenvalue weighted by atomic mass is 10.0. The molecule has 8 nitrogen and oxygen atoms in total. The SMILES string of the molecule is C#Cc1cccc2cc(CC)n(-c3ccccc3)c(=O)c12.C=CCNc1c(C(N)=O)c(N)nn1C. The summed E-state index contributed by atoms with van der Waals surface area (Å²) >= 11 is 0. The molecule has 0 aliphatic heterocycles. The van der Waals surface area contributed by atoms with Gasteiger partial charge in [-0.1, -0.05) is 49.3 Å². The Bertz CT molecular complexity index is 1480. The second kappa shape index (κ2) is 10.9. The molecule has 0 saturated heterocycles. The lowest BCUT2D eigenvalue weighted by molar-refractivity contribution is 0.100. The molecule has 35 heavy (non-hydrogen) atoms. The summed E-state index contributed by atoms with van der Waals surface area (Å²) < 4.78 is 3.22. The minimum absolute atomic E-state index is 0.0518. The first-order valence-corrected chi connectivity index (χ1v) is 11.0. The second-order valence-corrected chi connectivity index (χ2v) is 7.65. The highest BCUT2D eigenvalue weighted by atomic mass is 16.1. The number of rotatable bonds is 6. The van der Waals surface area contributed by atoms with Crippen LogP contribution < -0.4 is 22.3 Å². The zero-order chi connectivity index (χ0) is 25.5. The highest BCUT2D eigenvalue weighted by molar-refractivity contribution is 6.02. The molecule has 4 aromatic rings.